The van der Waals surface area contributed by atoms with Gasteiger partial charge in [0.15, 0.2) is 5.65 Å². The number of hydrogen-bond acceptors (Lipinski definition) is 8. The minimum absolute atomic E-state index is 0.0250. The van der Waals surface area contributed by atoms with E-state index in [4.69, 9.17) is 0 Å². The molecule has 16 heteroatoms. The molecule has 3 aromatic carbocycles. The third-order valence-corrected chi connectivity index (χ3v) is 7.30. The number of pyridine rings is 1. The molecule has 1 atom stereocenters. The number of aromatic nitrogens is 3. The lowest BCUT2D eigenvalue weighted by molar-refractivity contribution is -0.200. The topological polar surface area (TPSA) is 135 Å². The number of fused-ring (bicyclic) bond motifs is 1. The average molecular weight is 686 g/mol. The number of amides is 1. The van der Waals surface area contributed by atoms with Crippen LogP contribution in [0.5, 0.6) is 0 Å². The summed E-state index contributed by atoms with van der Waals surface area (Å²) in [5, 5.41) is 15.1. The molecule has 0 aliphatic carbocycles. The molecule has 10 nitrogen and oxygen atoms in total. The number of rotatable bonds is 9. The lowest BCUT2D eigenvalue weighted by Gasteiger charge is -2.20. The summed E-state index contributed by atoms with van der Waals surface area (Å²) in [6.07, 6.45) is -5.31. The Morgan fingerprint density at radius 2 is 1.61 bits per heavy atom. The molecule has 254 valence electrons. The number of aryl methyl sites for hydroxylation is 2. The van der Waals surface area contributed by atoms with E-state index < -0.39 is 72.0 Å². The second-order valence-electron chi connectivity index (χ2n) is 10.8. The highest BCUT2D eigenvalue weighted by Gasteiger charge is 2.41. The molecule has 1 unspecified atom stereocenters. The molecule has 3 N–H and O–H groups in total. The van der Waals surface area contributed by atoms with Crippen LogP contribution in [0.3, 0.4) is 0 Å². The van der Waals surface area contributed by atoms with Gasteiger partial charge < -0.3 is 20.5 Å². The third-order valence-electron chi connectivity index (χ3n) is 7.30. The normalized spacial score (nSPS) is 12.1. The molecule has 0 radical (unpaired) electrons. The van der Waals surface area contributed by atoms with Crippen LogP contribution in [0, 0.1) is 31.3 Å². The fourth-order valence-electron chi connectivity index (χ4n) is 4.78. The zero-order valence-corrected chi connectivity index (χ0v) is 25.5. The van der Waals surface area contributed by atoms with Gasteiger partial charge in [0.05, 0.1) is 18.3 Å². The smallest absolute Gasteiger partial charge is 0.457 e. The van der Waals surface area contributed by atoms with Gasteiger partial charge in [-0.05, 0) is 67.4 Å². The number of carbonyl (C=O) groups is 2. The number of aliphatic hydroxyl groups is 1. The summed E-state index contributed by atoms with van der Waals surface area (Å²) in [7, 11) is 0. The quantitative estimate of drug-likeness (QED) is 0.135. The third kappa shape index (κ3) is 7.38. The van der Waals surface area contributed by atoms with Gasteiger partial charge in [-0.15, -0.1) is 0 Å². The molecular weight excluding hydrogens is 660 g/mol. The van der Waals surface area contributed by atoms with Crippen molar-refractivity contribution in [3.8, 4) is 16.9 Å². The lowest BCUT2D eigenvalue weighted by Crippen LogP contribution is -2.35. The molecule has 2 aromatic heterocycles. The summed E-state index contributed by atoms with van der Waals surface area (Å²) in [5.74, 6) is -6.43. The molecule has 49 heavy (non-hydrogen) atoms. The summed E-state index contributed by atoms with van der Waals surface area (Å²) < 4.78 is 87.2. The molecule has 0 spiro atoms. The molecule has 1 amide bonds. The van der Waals surface area contributed by atoms with Crippen LogP contribution in [0.25, 0.3) is 28.0 Å². The first kappa shape index (κ1) is 34.6. The van der Waals surface area contributed by atoms with Gasteiger partial charge in [0.1, 0.15) is 29.7 Å². The molecular formula is C33H25F6N5O5. The van der Waals surface area contributed by atoms with Crippen molar-refractivity contribution < 1.29 is 45.8 Å². The Labute approximate surface area is 273 Å². The summed E-state index contributed by atoms with van der Waals surface area (Å²) in [5.41, 5.74) is -0.596. The molecule has 2 heterocycles. The van der Waals surface area contributed by atoms with Crippen molar-refractivity contribution >= 4 is 34.5 Å². The first-order valence-electron chi connectivity index (χ1n) is 14.4. The van der Waals surface area contributed by atoms with Crippen LogP contribution in [-0.4, -0.2) is 56.9 Å². The van der Waals surface area contributed by atoms with E-state index in [1.54, 1.807) is 19.1 Å². The Hall–Kier alpha value is -5.77. The number of esters is 1. The van der Waals surface area contributed by atoms with Crippen LogP contribution in [0.4, 0.5) is 38.0 Å². The fourth-order valence-corrected chi connectivity index (χ4v) is 4.78. The number of nitrogens with one attached hydrogen (secondary N) is 2. The lowest BCUT2D eigenvalue weighted by atomic mass is 10.0. The highest BCUT2D eigenvalue weighted by atomic mass is 19.4. The van der Waals surface area contributed by atoms with Gasteiger partial charge in [0, 0.05) is 28.3 Å². The van der Waals surface area contributed by atoms with Crippen LogP contribution >= 0.6 is 0 Å². The van der Waals surface area contributed by atoms with E-state index in [1.807, 2.05) is 0 Å². The van der Waals surface area contributed by atoms with Crippen LogP contribution in [-0.2, 0) is 9.53 Å². The summed E-state index contributed by atoms with van der Waals surface area (Å²) >= 11 is 0. The molecule has 0 aliphatic rings. The van der Waals surface area contributed by atoms with Crippen LogP contribution < -0.4 is 16.2 Å². The molecule has 0 fully saturated rings. The van der Waals surface area contributed by atoms with Gasteiger partial charge in [-0.3, -0.25) is 14.2 Å². The number of aliphatic hydroxyl groups excluding tert-OH is 1. The molecule has 0 aliphatic heterocycles. The van der Waals surface area contributed by atoms with Crippen molar-refractivity contribution in [2.45, 2.75) is 26.1 Å². The Balaban J connectivity index is 1.66. The monoisotopic (exact) mass is 685 g/mol. The highest BCUT2D eigenvalue weighted by Crippen LogP contribution is 2.33. The Morgan fingerprint density at radius 3 is 2.27 bits per heavy atom. The SMILES string of the molecule is Cc1ccc(C(=O)Nc2ccc(C)c(-c3nc(NC(CO)COC(=O)C(F)(F)F)nc4c3ccc(=O)n4-c3c(F)cccc3F)c2)cc1F. The summed E-state index contributed by atoms with van der Waals surface area (Å²) in [6, 6.07) is 12.4. The van der Waals surface area contributed by atoms with E-state index in [2.05, 4.69) is 25.3 Å². The number of nitrogens with zero attached hydrogens (tertiary/aromatic N) is 3. The number of anilines is 2. The van der Waals surface area contributed by atoms with Crippen molar-refractivity contribution in [3.63, 3.8) is 0 Å². The average Bonchev–Trinajstić information content (AvgIpc) is 3.05. The number of alkyl halides is 3. The molecule has 0 saturated heterocycles. The first-order chi connectivity index (χ1) is 23.2. The minimum Gasteiger partial charge on any atom is -0.457 e. The maximum Gasteiger partial charge on any atom is 0.490 e. The standard InChI is InChI=1S/C33H25F6N5O5/c1-16-7-9-19(40-30(47)18-8-6-17(2)25(36)12-18)13-22(16)27-21-10-11-26(46)44(28-23(34)4-3-5-24(28)35)29(21)43-32(42-27)41-20(14-45)15-49-31(48)33(37,38)39/h3-13,20,45H,14-15H2,1-2H3,(H,40,47)(H,41,42,43). The maximum absolute atomic E-state index is 15.0. The molecule has 0 saturated carbocycles. The second-order valence-corrected chi connectivity index (χ2v) is 10.8. The summed E-state index contributed by atoms with van der Waals surface area (Å²) in [6.45, 7) is 1.33. The van der Waals surface area contributed by atoms with Crippen molar-refractivity contribution in [3.05, 3.63) is 111 Å². The van der Waals surface area contributed by atoms with E-state index in [9.17, 15) is 37.1 Å². The van der Waals surface area contributed by atoms with Crippen LogP contribution in [0.15, 0.2) is 71.5 Å². The Kier molecular flexibility index (Phi) is 9.71. The van der Waals surface area contributed by atoms with Crippen molar-refractivity contribution in [2.24, 2.45) is 0 Å². The van der Waals surface area contributed by atoms with Crippen LogP contribution in [0.1, 0.15) is 21.5 Å². The predicted octanol–water partition coefficient (Wildman–Crippen LogP) is 5.61. The number of hydrogen-bond donors (Lipinski definition) is 3. The number of carbonyl (C=O) groups excluding carboxylic acids is 2. The zero-order chi connectivity index (χ0) is 35.6. The highest BCUT2D eigenvalue weighted by molar-refractivity contribution is 6.05. The van der Waals surface area contributed by atoms with E-state index in [1.165, 1.54) is 31.2 Å². The van der Waals surface area contributed by atoms with Gasteiger partial charge in [-0.25, -0.2) is 22.9 Å². The van der Waals surface area contributed by atoms with Crippen molar-refractivity contribution in [1.82, 2.24) is 14.5 Å². The number of benzene rings is 3. The van der Waals surface area contributed by atoms with Gasteiger partial charge in [0.25, 0.3) is 11.5 Å². The molecule has 5 rings (SSSR count). The Bertz CT molecular complexity index is 2130. The zero-order valence-electron chi connectivity index (χ0n) is 25.5. The predicted molar refractivity (Wildman–Crippen MR) is 166 cm³/mol. The maximum atomic E-state index is 15.0. The molecule has 0 bridgehead atoms. The molecule has 5 aromatic rings. The number of halogens is 6. The Morgan fingerprint density at radius 1 is 0.918 bits per heavy atom. The fraction of sp³-hybridized carbons (Fsp3) is 0.182. The largest absolute Gasteiger partial charge is 0.490 e. The van der Waals surface area contributed by atoms with Crippen molar-refractivity contribution in [2.75, 3.05) is 23.8 Å². The van der Waals surface area contributed by atoms with Gasteiger partial charge in [-0.1, -0.05) is 18.2 Å². The van der Waals surface area contributed by atoms with E-state index in [0.29, 0.717) is 21.3 Å². The number of para-hydroxylation sites is 1. The number of ether oxygens (including phenoxy) is 1. The van der Waals surface area contributed by atoms with Crippen LogP contribution in [0.2, 0.25) is 0 Å². The van der Waals surface area contributed by atoms with Gasteiger partial charge in [-0.2, -0.15) is 18.2 Å². The van der Waals surface area contributed by atoms with E-state index >= 15 is 8.78 Å². The van der Waals surface area contributed by atoms with E-state index in [0.717, 1.165) is 30.3 Å². The summed E-state index contributed by atoms with van der Waals surface area (Å²) in [4.78, 5) is 46.0. The van der Waals surface area contributed by atoms with Crippen molar-refractivity contribution in [1.29, 1.82) is 0 Å². The second kappa shape index (κ2) is 13.8. The first-order valence-corrected chi connectivity index (χ1v) is 14.4. The minimum atomic E-state index is -5.31. The van der Waals surface area contributed by atoms with E-state index in [-0.39, 0.29) is 28.0 Å². The van der Waals surface area contributed by atoms with Gasteiger partial charge in [0.2, 0.25) is 5.95 Å². The van der Waals surface area contributed by atoms with Gasteiger partial charge >= 0.3 is 12.1 Å².